The predicted molar refractivity (Wildman–Crippen MR) is 186 cm³/mol. The first-order chi connectivity index (χ1) is 22.8. The molecular formula is C37H58N4O7. The van der Waals surface area contributed by atoms with Gasteiger partial charge in [0.2, 0.25) is 23.5 Å². The molecule has 0 saturated heterocycles. The van der Waals surface area contributed by atoms with Gasteiger partial charge in [0, 0.05) is 43.1 Å². The van der Waals surface area contributed by atoms with Crippen LogP contribution in [0.15, 0.2) is 30.4 Å². The summed E-state index contributed by atoms with van der Waals surface area (Å²) in [6, 6.07) is 2.88. The van der Waals surface area contributed by atoms with Crippen molar-refractivity contribution in [3.05, 3.63) is 35.9 Å². The molecule has 3 N–H and O–H groups in total. The molecule has 0 aliphatic carbocycles. The van der Waals surface area contributed by atoms with E-state index in [4.69, 9.17) is 9.47 Å². The number of hydrogen-bond donors (Lipinski definition) is 3. The molecular weight excluding hydrogens is 612 g/mol. The molecule has 1 aromatic rings. The highest BCUT2D eigenvalue weighted by molar-refractivity contribution is 6.38. The SMILES string of the molecule is CCCC1CCCC/C=C\CC(C(=O)N(C)Cc2ccc(OC)cc2OC)C[C@@H](C(=O)C(=O)NC(C)C)NC(=O)[C@H](CC(C)C)NC1=O. The van der Waals surface area contributed by atoms with E-state index in [1.54, 1.807) is 52.1 Å². The van der Waals surface area contributed by atoms with Gasteiger partial charge >= 0.3 is 0 Å². The summed E-state index contributed by atoms with van der Waals surface area (Å²) in [5.74, 6) is -2.33. The minimum absolute atomic E-state index is 0.0673. The minimum atomic E-state index is -1.28. The van der Waals surface area contributed by atoms with E-state index in [-0.39, 0.29) is 42.7 Å². The average Bonchev–Trinajstić information content (AvgIpc) is 3.04. The number of methoxy groups -OCH3 is 2. The summed E-state index contributed by atoms with van der Waals surface area (Å²) in [5, 5.41) is 8.37. The Morgan fingerprint density at radius 3 is 2.35 bits per heavy atom. The standard InChI is InChI=1S/C37H58N4O7/c1-9-15-26-16-13-11-10-12-14-17-27(37(46)41(6)23-28-18-19-29(47-7)22-32(28)48-8)21-30(33(42)36(45)38-25(4)5)39-35(44)31(20-24(2)3)40-34(26)43/h12,14,18-19,22,24-27,30-31H,9-11,13,15-17,20-21,23H2,1-8H3,(H,38,45)(H,39,44)(H,40,43)/b14-12-/t26?,27?,30-,31-/m0/s1. The Balaban J connectivity index is 2.50. The van der Waals surface area contributed by atoms with Crippen LogP contribution in [0.25, 0.3) is 0 Å². The molecule has 48 heavy (non-hydrogen) atoms. The fourth-order valence-corrected chi connectivity index (χ4v) is 5.98. The third-order valence-electron chi connectivity index (χ3n) is 8.53. The van der Waals surface area contributed by atoms with E-state index in [0.717, 1.165) is 31.2 Å². The van der Waals surface area contributed by atoms with E-state index < -0.39 is 35.6 Å². The first-order valence-corrected chi connectivity index (χ1v) is 17.4. The summed E-state index contributed by atoms with van der Waals surface area (Å²) in [7, 11) is 4.79. The van der Waals surface area contributed by atoms with Crippen molar-refractivity contribution in [1.82, 2.24) is 20.9 Å². The van der Waals surface area contributed by atoms with Gasteiger partial charge in [-0.05, 0) is 76.8 Å². The zero-order valence-electron chi connectivity index (χ0n) is 30.2. The Bertz CT molecular complexity index is 1260. The van der Waals surface area contributed by atoms with Gasteiger partial charge in [-0.2, -0.15) is 0 Å². The van der Waals surface area contributed by atoms with Crippen LogP contribution in [0.5, 0.6) is 11.5 Å². The van der Waals surface area contributed by atoms with Crippen LogP contribution >= 0.6 is 0 Å². The monoisotopic (exact) mass is 670 g/mol. The molecule has 0 fully saturated rings. The molecule has 4 amide bonds. The number of hydrogen-bond acceptors (Lipinski definition) is 7. The number of carbonyl (C=O) groups excluding carboxylic acids is 5. The predicted octanol–water partition coefficient (Wildman–Crippen LogP) is 4.71. The van der Waals surface area contributed by atoms with Crippen molar-refractivity contribution in [3.63, 3.8) is 0 Å². The molecule has 4 atom stereocenters. The van der Waals surface area contributed by atoms with Gasteiger partial charge in [0.25, 0.3) is 5.91 Å². The van der Waals surface area contributed by atoms with E-state index in [1.165, 1.54) is 0 Å². The topological polar surface area (TPSA) is 143 Å². The molecule has 1 aromatic carbocycles. The molecule has 0 bridgehead atoms. The van der Waals surface area contributed by atoms with Crippen molar-refractivity contribution < 1.29 is 33.4 Å². The van der Waals surface area contributed by atoms with Crippen molar-refractivity contribution >= 4 is 29.4 Å². The zero-order valence-corrected chi connectivity index (χ0v) is 30.2. The van der Waals surface area contributed by atoms with Crippen LogP contribution in [0, 0.1) is 17.8 Å². The van der Waals surface area contributed by atoms with Crippen LogP contribution in [0.4, 0.5) is 0 Å². The van der Waals surface area contributed by atoms with Crippen LogP contribution in [0.3, 0.4) is 0 Å². The Hall–Kier alpha value is -3.89. The van der Waals surface area contributed by atoms with Crippen LogP contribution in [0.2, 0.25) is 0 Å². The lowest BCUT2D eigenvalue weighted by Crippen LogP contribution is -2.56. The second-order valence-corrected chi connectivity index (χ2v) is 13.5. The number of ether oxygens (including phenoxy) is 2. The number of Topliss-reactive ketones (excluding diaryl/α,β-unsaturated/α-hetero) is 1. The summed E-state index contributed by atoms with van der Waals surface area (Å²) in [6.07, 6.45) is 9.33. The van der Waals surface area contributed by atoms with E-state index in [9.17, 15) is 24.0 Å². The molecule has 1 aliphatic heterocycles. The summed E-state index contributed by atoms with van der Waals surface area (Å²) in [5.41, 5.74) is 0.767. The third kappa shape index (κ3) is 13.0. The van der Waals surface area contributed by atoms with Crippen molar-refractivity contribution in [2.75, 3.05) is 21.3 Å². The molecule has 0 spiro atoms. The third-order valence-corrected chi connectivity index (χ3v) is 8.53. The summed E-state index contributed by atoms with van der Waals surface area (Å²) in [4.78, 5) is 69.5. The molecule has 1 aliphatic rings. The maximum absolute atomic E-state index is 14.1. The molecule has 2 unspecified atom stereocenters. The zero-order chi connectivity index (χ0) is 35.8. The van der Waals surface area contributed by atoms with Gasteiger partial charge in [-0.1, -0.05) is 45.8 Å². The first kappa shape index (κ1) is 40.3. The van der Waals surface area contributed by atoms with E-state index >= 15 is 0 Å². The highest BCUT2D eigenvalue weighted by atomic mass is 16.5. The van der Waals surface area contributed by atoms with Gasteiger partial charge in [0.15, 0.2) is 0 Å². The van der Waals surface area contributed by atoms with Crippen molar-refractivity contribution in [2.45, 2.75) is 117 Å². The number of amides is 4. The average molecular weight is 671 g/mol. The van der Waals surface area contributed by atoms with Gasteiger partial charge < -0.3 is 30.3 Å². The normalized spacial score (nSPS) is 22.0. The van der Waals surface area contributed by atoms with Gasteiger partial charge in [0.05, 0.1) is 20.3 Å². The van der Waals surface area contributed by atoms with E-state index in [2.05, 4.69) is 16.0 Å². The van der Waals surface area contributed by atoms with Crippen LogP contribution in [-0.4, -0.2) is 73.7 Å². The highest BCUT2D eigenvalue weighted by Crippen LogP contribution is 2.27. The molecule has 0 radical (unpaired) electrons. The number of ketones is 1. The van der Waals surface area contributed by atoms with Crippen molar-refractivity contribution in [3.8, 4) is 11.5 Å². The molecule has 11 nitrogen and oxygen atoms in total. The van der Waals surface area contributed by atoms with Gasteiger partial charge in [-0.3, -0.25) is 24.0 Å². The molecule has 0 saturated carbocycles. The maximum Gasteiger partial charge on any atom is 0.289 e. The second-order valence-electron chi connectivity index (χ2n) is 13.5. The quantitative estimate of drug-likeness (QED) is 0.216. The summed E-state index contributed by atoms with van der Waals surface area (Å²) in [6.45, 7) is 9.65. The Labute approximate surface area is 286 Å². The fraction of sp³-hybridized carbons (Fsp3) is 0.649. The van der Waals surface area contributed by atoms with Crippen molar-refractivity contribution in [2.24, 2.45) is 17.8 Å². The number of benzene rings is 1. The number of nitrogens with zero attached hydrogens (tertiary/aromatic N) is 1. The summed E-state index contributed by atoms with van der Waals surface area (Å²) < 4.78 is 10.8. The maximum atomic E-state index is 14.1. The highest BCUT2D eigenvalue weighted by Gasteiger charge is 2.35. The molecule has 11 heteroatoms. The molecule has 268 valence electrons. The van der Waals surface area contributed by atoms with Crippen LogP contribution in [-0.2, 0) is 30.5 Å². The summed E-state index contributed by atoms with van der Waals surface area (Å²) >= 11 is 0. The van der Waals surface area contributed by atoms with E-state index in [1.807, 2.05) is 39.0 Å². The number of nitrogens with one attached hydrogen (secondary N) is 3. The largest absolute Gasteiger partial charge is 0.497 e. The molecule has 2 rings (SSSR count). The molecule has 0 aromatic heterocycles. The lowest BCUT2D eigenvalue weighted by Gasteiger charge is -2.29. The fourth-order valence-electron chi connectivity index (χ4n) is 5.98. The lowest BCUT2D eigenvalue weighted by atomic mass is 9.90. The van der Waals surface area contributed by atoms with Gasteiger partial charge in [-0.15, -0.1) is 0 Å². The number of rotatable bonds is 12. The van der Waals surface area contributed by atoms with E-state index in [0.29, 0.717) is 37.2 Å². The number of allylic oxidation sites excluding steroid dienone is 2. The van der Waals surface area contributed by atoms with Crippen LogP contribution in [0.1, 0.15) is 98.0 Å². The van der Waals surface area contributed by atoms with Gasteiger partial charge in [-0.25, -0.2) is 0 Å². The smallest absolute Gasteiger partial charge is 0.289 e. The van der Waals surface area contributed by atoms with Crippen molar-refractivity contribution in [1.29, 1.82) is 0 Å². The number of carbonyl (C=O) groups is 5. The Morgan fingerprint density at radius 1 is 1.00 bits per heavy atom. The minimum Gasteiger partial charge on any atom is -0.497 e. The van der Waals surface area contributed by atoms with Crippen LogP contribution < -0.4 is 25.4 Å². The second kappa shape index (κ2) is 20.5. The van der Waals surface area contributed by atoms with Gasteiger partial charge in [0.1, 0.15) is 17.5 Å². The Kier molecular flexibility index (Phi) is 17.2. The first-order valence-electron chi connectivity index (χ1n) is 17.4. The lowest BCUT2D eigenvalue weighted by molar-refractivity contribution is -0.142. The Morgan fingerprint density at radius 2 is 1.73 bits per heavy atom. The molecule has 1 heterocycles.